The molecule has 1 aromatic carbocycles. The number of rotatable bonds is 7. The van der Waals surface area contributed by atoms with Crippen molar-refractivity contribution in [1.29, 1.82) is 0 Å². The van der Waals surface area contributed by atoms with Crippen LogP contribution in [-0.2, 0) is 13.6 Å². The second-order valence-corrected chi connectivity index (χ2v) is 7.70. The maximum atomic E-state index is 13.1. The van der Waals surface area contributed by atoms with Gasteiger partial charge in [-0.15, -0.1) is 24.0 Å². The zero-order valence-corrected chi connectivity index (χ0v) is 21.3. The molecule has 1 fully saturated rings. The van der Waals surface area contributed by atoms with Crippen LogP contribution in [0.4, 0.5) is 10.1 Å². The van der Waals surface area contributed by atoms with E-state index in [1.54, 1.807) is 0 Å². The fraction of sp³-hybridized carbons (Fsp3) is 0.545. The maximum Gasteiger partial charge on any atom is 0.191 e. The SMILES string of the molecule is CCNC(=NCc1c(C)nn(C)c1C)NCCN1CCN(c2ccc(F)cc2)CC1.I. The van der Waals surface area contributed by atoms with E-state index >= 15 is 0 Å². The smallest absolute Gasteiger partial charge is 0.191 e. The number of guanidine groups is 1. The quantitative estimate of drug-likeness (QED) is 0.320. The molecule has 0 atom stereocenters. The zero-order chi connectivity index (χ0) is 21.5. The third kappa shape index (κ3) is 7.06. The van der Waals surface area contributed by atoms with Crippen LogP contribution in [0.2, 0.25) is 0 Å². The van der Waals surface area contributed by atoms with Crippen LogP contribution in [0.25, 0.3) is 0 Å². The normalized spacial score (nSPS) is 15.0. The Morgan fingerprint density at radius 3 is 2.35 bits per heavy atom. The van der Waals surface area contributed by atoms with E-state index in [2.05, 4.69) is 39.4 Å². The number of hydrogen-bond acceptors (Lipinski definition) is 4. The van der Waals surface area contributed by atoms with Gasteiger partial charge in [0, 0.05) is 69.8 Å². The average molecular weight is 543 g/mol. The van der Waals surface area contributed by atoms with Gasteiger partial charge in [0.15, 0.2) is 5.96 Å². The predicted molar refractivity (Wildman–Crippen MR) is 136 cm³/mol. The van der Waals surface area contributed by atoms with E-state index in [0.717, 1.165) is 68.8 Å². The largest absolute Gasteiger partial charge is 0.369 e. The minimum absolute atomic E-state index is 0. The molecule has 0 bridgehead atoms. The monoisotopic (exact) mass is 543 g/mol. The van der Waals surface area contributed by atoms with Gasteiger partial charge in [0.1, 0.15) is 5.82 Å². The summed E-state index contributed by atoms with van der Waals surface area (Å²) in [5, 5.41) is 11.2. The van der Waals surface area contributed by atoms with E-state index in [-0.39, 0.29) is 29.8 Å². The van der Waals surface area contributed by atoms with E-state index in [1.807, 2.05) is 30.8 Å². The number of aliphatic imine (C=N–C) groups is 1. The lowest BCUT2D eigenvalue weighted by molar-refractivity contribution is 0.261. The molecule has 2 aromatic rings. The van der Waals surface area contributed by atoms with Crippen molar-refractivity contribution < 1.29 is 4.39 Å². The van der Waals surface area contributed by atoms with Crippen molar-refractivity contribution in [3.05, 3.63) is 47.0 Å². The molecule has 7 nitrogen and oxygen atoms in total. The zero-order valence-electron chi connectivity index (χ0n) is 19.0. The number of aromatic nitrogens is 2. The molecule has 1 saturated heterocycles. The summed E-state index contributed by atoms with van der Waals surface area (Å²) in [6.45, 7) is 13.4. The van der Waals surface area contributed by atoms with E-state index in [9.17, 15) is 4.39 Å². The van der Waals surface area contributed by atoms with Gasteiger partial charge < -0.3 is 15.5 Å². The average Bonchev–Trinajstić information content (AvgIpc) is 2.98. The summed E-state index contributed by atoms with van der Waals surface area (Å²) in [5.41, 5.74) is 4.48. The molecule has 1 aliphatic rings. The van der Waals surface area contributed by atoms with Gasteiger partial charge in [0.25, 0.3) is 0 Å². The van der Waals surface area contributed by atoms with Gasteiger partial charge in [-0.3, -0.25) is 9.58 Å². The fourth-order valence-electron chi connectivity index (χ4n) is 3.76. The molecule has 3 rings (SSSR count). The maximum absolute atomic E-state index is 13.1. The Labute approximate surface area is 202 Å². The Morgan fingerprint density at radius 1 is 1.10 bits per heavy atom. The third-order valence-corrected chi connectivity index (χ3v) is 5.68. The molecule has 0 saturated carbocycles. The third-order valence-electron chi connectivity index (χ3n) is 5.68. The lowest BCUT2D eigenvalue weighted by Gasteiger charge is -2.36. The summed E-state index contributed by atoms with van der Waals surface area (Å²) in [6, 6.07) is 6.78. The summed E-state index contributed by atoms with van der Waals surface area (Å²) < 4.78 is 15.0. The van der Waals surface area contributed by atoms with Gasteiger partial charge in [-0.2, -0.15) is 5.10 Å². The van der Waals surface area contributed by atoms with Gasteiger partial charge in [-0.25, -0.2) is 9.38 Å². The van der Waals surface area contributed by atoms with E-state index in [0.29, 0.717) is 6.54 Å². The molecule has 1 aliphatic heterocycles. The summed E-state index contributed by atoms with van der Waals surface area (Å²) in [6.07, 6.45) is 0. The van der Waals surface area contributed by atoms with Crippen LogP contribution in [0.15, 0.2) is 29.3 Å². The van der Waals surface area contributed by atoms with Crippen molar-refractivity contribution in [2.45, 2.75) is 27.3 Å². The van der Waals surface area contributed by atoms with Crippen molar-refractivity contribution >= 4 is 35.6 Å². The number of benzene rings is 1. The topological polar surface area (TPSA) is 60.7 Å². The Bertz CT molecular complexity index is 842. The molecule has 2 N–H and O–H groups in total. The van der Waals surface area contributed by atoms with Crippen molar-refractivity contribution in [2.75, 3.05) is 50.7 Å². The van der Waals surface area contributed by atoms with Gasteiger partial charge in [0.05, 0.1) is 12.2 Å². The highest BCUT2D eigenvalue weighted by Gasteiger charge is 2.17. The molecule has 31 heavy (non-hydrogen) atoms. The number of halogens is 2. The number of nitrogens with one attached hydrogen (secondary N) is 2. The summed E-state index contributed by atoms with van der Waals surface area (Å²) in [4.78, 5) is 9.51. The lowest BCUT2D eigenvalue weighted by atomic mass is 10.2. The minimum Gasteiger partial charge on any atom is -0.369 e. The van der Waals surface area contributed by atoms with Gasteiger partial charge >= 0.3 is 0 Å². The molecule has 1 aromatic heterocycles. The molecule has 9 heteroatoms. The summed E-state index contributed by atoms with van der Waals surface area (Å²) in [7, 11) is 1.97. The number of piperazine rings is 1. The van der Waals surface area contributed by atoms with Crippen molar-refractivity contribution in [2.24, 2.45) is 12.0 Å². The van der Waals surface area contributed by atoms with Gasteiger partial charge in [0.2, 0.25) is 0 Å². The van der Waals surface area contributed by atoms with Crippen LogP contribution in [0.3, 0.4) is 0 Å². The standard InChI is InChI=1S/C22H34FN7.HI/c1-5-24-22(26-16-21-17(2)27-28(4)18(21)3)25-10-11-29-12-14-30(15-13-29)20-8-6-19(23)7-9-20;/h6-9H,5,10-16H2,1-4H3,(H2,24,25,26);1H. The minimum atomic E-state index is -0.185. The molecule has 0 amide bonds. The Kier molecular flexibility index (Phi) is 10.0. The van der Waals surface area contributed by atoms with Crippen LogP contribution in [-0.4, -0.2) is 66.5 Å². The molecule has 0 spiro atoms. The van der Waals surface area contributed by atoms with E-state index in [1.165, 1.54) is 17.7 Å². The second-order valence-electron chi connectivity index (χ2n) is 7.70. The van der Waals surface area contributed by atoms with Crippen LogP contribution in [0, 0.1) is 19.7 Å². The molecule has 172 valence electrons. The molecule has 0 radical (unpaired) electrons. The van der Waals surface area contributed by atoms with Crippen molar-refractivity contribution in [3.8, 4) is 0 Å². The van der Waals surface area contributed by atoms with Crippen molar-refractivity contribution in [1.82, 2.24) is 25.3 Å². The van der Waals surface area contributed by atoms with E-state index in [4.69, 9.17) is 4.99 Å². The highest BCUT2D eigenvalue weighted by molar-refractivity contribution is 14.0. The van der Waals surface area contributed by atoms with Crippen LogP contribution < -0.4 is 15.5 Å². The first-order valence-corrected chi connectivity index (χ1v) is 10.7. The lowest BCUT2D eigenvalue weighted by Crippen LogP contribution is -2.49. The molecular formula is C22H35FIN7. The second kappa shape index (κ2) is 12.2. The van der Waals surface area contributed by atoms with Crippen LogP contribution >= 0.6 is 24.0 Å². The predicted octanol–water partition coefficient (Wildman–Crippen LogP) is 2.67. The molecule has 0 aliphatic carbocycles. The Balaban J connectivity index is 0.00000341. The number of aryl methyl sites for hydroxylation is 2. The molecule has 2 heterocycles. The summed E-state index contributed by atoms with van der Waals surface area (Å²) >= 11 is 0. The Hall–Kier alpha value is -1.88. The molecular weight excluding hydrogens is 508 g/mol. The number of anilines is 1. The van der Waals surface area contributed by atoms with Crippen molar-refractivity contribution in [3.63, 3.8) is 0 Å². The van der Waals surface area contributed by atoms with Gasteiger partial charge in [-0.1, -0.05) is 0 Å². The number of nitrogens with zero attached hydrogens (tertiary/aromatic N) is 5. The first-order chi connectivity index (χ1) is 14.5. The first kappa shape index (κ1) is 25.4. The number of hydrogen-bond donors (Lipinski definition) is 2. The highest BCUT2D eigenvalue weighted by Crippen LogP contribution is 2.16. The fourth-order valence-corrected chi connectivity index (χ4v) is 3.76. The van der Waals surface area contributed by atoms with E-state index < -0.39 is 0 Å². The van der Waals surface area contributed by atoms with Gasteiger partial charge in [-0.05, 0) is 45.0 Å². The Morgan fingerprint density at radius 2 is 1.77 bits per heavy atom. The first-order valence-electron chi connectivity index (χ1n) is 10.7. The molecule has 0 unspecified atom stereocenters. The van der Waals surface area contributed by atoms with Crippen LogP contribution in [0.5, 0.6) is 0 Å². The summed E-state index contributed by atoms with van der Waals surface area (Å²) in [5.74, 6) is 0.653. The highest BCUT2D eigenvalue weighted by atomic mass is 127. The van der Waals surface area contributed by atoms with Crippen LogP contribution in [0.1, 0.15) is 23.9 Å².